The number of carboxylic acids is 1. The fourth-order valence-corrected chi connectivity index (χ4v) is 2.29. The van der Waals surface area contributed by atoms with Gasteiger partial charge >= 0.3 is 5.97 Å². The number of carbonyl (C=O) groups is 1. The molecule has 0 saturated heterocycles. The monoisotopic (exact) mass is 342 g/mol. The molecule has 3 aromatic rings. The van der Waals surface area contributed by atoms with E-state index in [4.69, 9.17) is 14.3 Å². The van der Waals surface area contributed by atoms with Crippen molar-refractivity contribution in [3.8, 4) is 17.2 Å². The summed E-state index contributed by atoms with van der Waals surface area (Å²) in [6, 6.07) is 10.7. The number of halogens is 1. The molecule has 1 heterocycles. The zero-order valence-corrected chi connectivity index (χ0v) is 13.3. The number of nitrogens with one attached hydrogen (secondary N) is 1. The van der Waals surface area contributed by atoms with Gasteiger partial charge in [0.05, 0.1) is 30.6 Å². The summed E-state index contributed by atoms with van der Waals surface area (Å²) in [5, 5.41) is 12.0. The molecule has 0 spiro atoms. The lowest BCUT2D eigenvalue weighted by Gasteiger charge is -2.08. The van der Waals surface area contributed by atoms with Gasteiger partial charge in [-0.2, -0.15) is 0 Å². The standard InChI is InChI=1S/C18H15FN2O4/c1-24-14-5-2-11(3-6-14)17-21-13(10-25-17)9-20-16-8-12(19)4-7-15(16)18(22)23/h2-8,10,20H,9H2,1H3,(H,22,23). The first-order valence-corrected chi connectivity index (χ1v) is 7.42. The number of oxazole rings is 1. The number of nitrogens with zero attached hydrogens (tertiary/aromatic N) is 1. The third-order valence-corrected chi connectivity index (χ3v) is 3.56. The van der Waals surface area contributed by atoms with E-state index in [0.717, 1.165) is 23.4 Å². The van der Waals surface area contributed by atoms with Crippen LogP contribution in [0.15, 0.2) is 53.1 Å². The Morgan fingerprint density at radius 2 is 2.04 bits per heavy atom. The van der Waals surface area contributed by atoms with Crippen LogP contribution in [0.25, 0.3) is 11.5 Å². The van der Waals surface area contributed by atoms with Crippen LogP contribution in [-0.4, -0.2) is 23.2 Å². The molecule has 0 fully saturated rings. The van der Waals surface area contributed by atoms with Crippen LogP contribution in [0.4, 0.5) is 10.1 Å². The topological polar surface area (TPSA) is 84.6 Å². The van der Waals surface area contributed by atoms with E-state index in [-0.39, 0.29) is 17.8 Å². The van der Waals surface area contributed by atoms with Crippen LogP contribution in [0.3, 0.4) is 0 Å². The smallest absolute Gasteiger partial charge is 0.337 e. The summed E-state index contributed by atoms with van der Waals surface area (Å²) in [5.41, 5.74) is 1.51. The summed E-state index contributed by atoms with van der Waals surface area (Å²) < 4.78 is 23.9. The third kappa shape index (κ3) is 3.77. The Morgan fingerprint density at radius 1 is 1.28 bits per heavy atom. The molecule has 6 nitrogen and oxygen atoms in total. The zero-order chi connectivity index (χ0) is 17.8. The van der Waals surface area contributed by atoms with Gasteiger partial charge in [0.1, 0.15) is 17.8 Å². The largest absolute Gasteiger partial charge is 0.497 e. The second-order valence-corrected chi connectivity index (χ2v) is 5.22. The van der Waals surface area contributed by atoms with Crippen molar-refractivity contribution in [3.63, 3.8) is 0 Å². The van der Waals surface area contributed by atoms with E-state index >= 15 is 0 Å². The van der Waals surface area contributed by atoms with Gasteiger partial charge in [0.2, 0.25) is 5.89 Å². The Bertz CT molecular complexity index is 890. The van der Waals surface area contributed by atoms with Crippen molar-refractivity contribution in [2.75, 3.05) is 12.4 Å². The van der Waals surface area contributed by atoms with Gasteiger partial charge in [-0.15, -0.1) is 0 Å². The third-order valence-electron chi connectivity index (χ3n) is 3.56. The van der Waals surface area contributed by atoms with Crippen LogP contribution < -0.4 is 10.1 Å². The molecule has 2 N–H and O–H groups in total. The van der Waals surface area contributed by atoms with E-state index in [1.807, 2.05) is 12.1 Å². The fourth-order valence-electron chi connectivity index (χ4n) is 2.29. The van der Waals surface area contributed by atoms with Crippen molar-refractivity contribution in [3.05, 3.63) is 65.8 Å². The number of benzene rings is 2. The number of rotatable bonds is 6. The molecule has 0 aliphatic rings. The van der Waals surface area contributed by atoms with Gasteiger partial charge < -0.3 is 19.6 Å². The van der Waals surface area contributed by atoms with Gasteiger partial charge in [-0.3, -0.25) is 0 Å². The summed E-state index contributed by atoms with van der Waals surface area (Å²) in [7, 11) is 1.59. The number of ether oxygens (including phenoxy) is 1. The molecule has 0 radical (unpaired) electrons. The number of methoxy groups -OCH3 is 1. The number of hydrogen-bond acceptors (Lipinski definition) is 5. The average molecular weight is 342 g/mol. The van der Waals surface area contributed by atoms with Crippen molar-refractivity contribution >= 4 is 11.7 Å². The minimum absolute atomic E-state index is 0.0136. The van der Waals surface area contributed by atoms with E-state index < -0.39 is 11.8 Å². The maximum absolute atomic E-state index is 13.3. The van der Waals surface area contributed by atoms with Crippen molar-refractivity contribution < 1.29 is 23.4 Å². The first-order valence-electron chi connectivity index (χ1n) is 7.42. The quantitative estimate of drug-likeness (QED) is 0.709. The maximum atomic E-state index is 13.3. The highest BCUT2D eigenvalue weighted by molar-refractivity contribution is 5.94. The van der Waals surface area contributed by atoms with Crippen molar-refractivity contribution in [2.24, 2.45) is 0 Å². The number of aromatic nitrogens is 1. The number of anilines is 1. The molecule has 0 amide bonds. The summed E-state index contributed by atoms with van der Waals surface area (Å²) in [4.78, 5) is 15.5. The average Bonchev–Trinajstić information content (AvgIpc) is 3.09. The molecule has 7 heteroatoms. The lowest BCUT2D eigenvalue weighted by Crippen LogP contribution is -2.07. The predicted molar refractivity (Wildman–Crippen MR) is 89.2 cm³/mol. The molecule has 2 aromatic carbocycles. The summed E-state index contributed by atoms with van der Waals surface area (Å²) in [6.45, 7) is 0.198. The summed E-state index contributed by atoms with van der Waals surface area (Å²) in [6.07, 6.45) is 1.46. The molecule has 0 aliphatic heterocycles. The van der Waals surface area contributed by atoms with Gasteiger partial charge in [-0.25, -0.2) is 14.2 Å². The second-order valence-electron chi connectivity index (χ2n) is 5.22. The van der Waals surface area contributed by atoms with Gasteiger partial charge in [-0.05, 0) is 42.5 Å². The van der Waals surface area contributed by atoms with Crippen molar-refractivity contribution in [1.82, 2.24) is 4.98 Å². The number of aromatic carboxylic acids is 1. The zero-order valence-electron chi connectivity index (χ0n) is 13.3. The lowest BCUT2D eigenvalue weighted by atomic mass is 10.1. The summed E-state index contributed by atoms with van der Waals surface area (Å²) >= 11 is 0. The molecule has 3 rings (SSSR count). The van der Waals surface area contributed by atoms with Crippen LogP contribution in [-0.2, 0) is 6.54 Å². The highest BCUT2D eigenvalue weighted by Crippen LogP contribution is 2.23. The molecule has 0 aliphatic carbocycles. The van der Waals surface area contributed by atoms with Gasteiger partial charge in [0, 0.05) is 5.56 Å². The van der Waals surface area contributed by atoms with E-state index in [9.17, 15) is 9.18 Å². The molecule has 1 aromatic heterocycles. The fraction of sp³-hybridized carbons (Fsp3) is 0.111. The van der Waals surface area contributed by atoms with Crippen molar-refractivity contribution in [2.45, 2.75) is 6.54 Å². The molecular weight excluding hydrogens is 327 g/mol. The van der Waals surface area contributed by atoms with Crippen molar-refractivity contribution in [1.29, 1.82) is 0 Å². The predicted octanol–water partition coefficient (Wildman–Crippen LogP) is 3.80. The molecular formula is C18H15FN2O4. The molecule has 0 bridgehead atoms. The van der Waals surface area contributed by atoms with Crippen LogP contribution in [0.1, 0.15) is 16.1 Å². The molecule has 0 saturated carbocycles. The van der Waals surface area contributed by atoms with Gasteiger partial charge in [0.25, 0.3) is 0 Å². The first kappa shape index (κ1) is 16.5. The highest BCUT2D eigenvalue weighted by Gasteiger charge is 2.12. The molecule has 0 unspecified atom stereocenters. The Kier molecular flexibility index (Phi) is 4.65. The van der Waals surface area contributed by atoms with E-state index in [1.165, 1.54) is 12.3 Å². The Morgan fingerprint density at radius 3 is 2.72 bits per heavy atom. The molecule has 0 atom stereocenters. The molecule has 128 valence electrons. The number of carboxylic acid groups (broad SMARTS) is 1. The maximum Gasteiger partial charge on any atom is 0.337 e. The van der Waals surface area contributed by atoms with Crippen LogP contribution in [0, 0.1) is 5.82 Å². The SMILES string of the molecule is COc1ccc(-c2nc(CNc3cc(F)ccc3C(=O)O)co2)cc1. The minimum atomic E-state index is -1.14. The van der Waals surface area contributed by atoms with Crippen LogP contribution in [0.2, 0.25) is 0 Å². The normalized spacial score (nSPS) is 10.5. The van der Waals surface area contributed by atoms with Crippen LogP contribution >= 0.6 is 0 Å². The lowest BCUT2D eigenvalue weighted by molar-refractivity contribution is 0.0698. The van der Waals surface area contributed by atoms with Gasteiger partial charge in [-0.1, -0.05) is 0 Å². The van der Waals surface area contributed by atoms with E-state index in [1.54, 1.807) is 19.2 Å². The Balaban J connectivity index is 1.74. The number of hydrogen-bond donors (Lipinski definition) is 2. The van der Waals surface area contributed by atoms with Crippen LogP contribution in [0.5, 0.6) is 5.75 Å². The molecule has 25 heavy (non-hydrogen) atoms. The van der Waals surface area contributed by atoms with Gasteiger partial charge in [0.15, 0.2) is 0 Å². The Hall–Kier alpha value is -3.35. The minimum Gasteiger partial charge on any atom is -0.497 e. The first-order chi connectivity index (χ1) is 12.1. The second kappa shape index (κ2) is 7.04. The van der Waals surface area contributed by atoms with E-state index in [2.05, 4.69) is 10.3 Å². The summed E-state index contributed by atoms with van der Waals surface area (Å²) in [5.74, 6) is -0.505. The van der Waals surface area contributed by atoms with E-state index in [0.29, 0.717) is 11.6 Å². The Labute approximate surface area is 142 Å². The highest BCUT2D eigenvalue weighted by atomic mass is 19.1.